The Hall–Kier alpha value is -3.08. The standard InChI is InChI=1S/C26H29N3O5S2/c1-4-34-25(31)23-22(19-8-6-5-7-9-19)27-26(35-23)28-24(30)20-10-12-21(13-11-20)36(32,33)29-15-17(2)14-18(3)16-29/h5-13,17-18H,4,14-16H2,1-3H3,(H,27,28,30). The molecule has 2 unspecified atom stereocenters. The molecular weight excluding hydrogens is 498 g/mol. The largest absolute Gasteiger partial charge is 0.462 e. The molecule has 0 saturated carbocycles. The SMILES string of the molecule is CCOC(=O)c1sc(NC(=O)c2ccc(S(=O)(=O)N3CC(C)CC(C)C3)cc2)nc1-c1ccccc1. The summed E-state index contributed by atoms with van der Waals surface area (Å²) in [5.41, 5.74) is 1.44. The van der Waals surface area contributed by atoms with E-state index in [-0.39, 0.29) is 22.2 Å². The van der Waals surface area contributed by atoms with E-state index in [1.165, 1.54) is 28.6 Å². The van der Waals surface area contributed by atoms with Gasteiger partial charge in [0.15, 0.2) is 5.13 Å². The molecule has 2 atom stereocenters. The number of esters is 1. The highest BCUT2D eigenvalue weighted by Crippen LogP contribution is 2.32. The van der Waals surface area contributed by atoms with E-state index >= 15 is 0 Å². The summed E-state index contributed by atoms with van der Waals surface area (Å²) in [4.78, 5) is 30.3. The Morgan fingerprint density at radius 3 is 2.31 bits per heavy atom. The molecule has 1 aliphatic heterocycles. The van der Waals surface area contributed by atoms with Gasteiger partial charge in [-0.2, -0.15) is 4.31 Å². The first-order valence-electron chi connectivity index (χ1n) is 11.8. The maximum absolute atomic E-state index is 13.1. The van der Waals surface area contributed by atoms with E-state index in [2.05, 4.69) is 24.1 Å². The van der Waals surface area contributed by atoms with Gasteiger partial charge in [0.05, 0.1) is 17.2 Å². The number of ether oxygens (including phenoxy) is 1. The number of carbonyl (C=O) groups excluding carboxylic acids is 2. The van der Waals surface area contributed by atoms with E-state index in [0.29, 0.717) is 35.5 Å². The summed E-state index contributed by atoms with van der Waals surface area (Å²) in [6, 6.07) is 15.1. The molecule has 0 radical (unpaired) electrons. The normalized spacial score (nSPS) is 18.5. The van der Waals surface area contributed by atoms with Crippen molar-refractivity contribution in [1.29, 1.82) is 0 Å². The Labute approximate surface area is 215 Å². The van der Waals surface area contributed by atoms with E-state index in [9.17, 15) is 18.0 Å². The molecule has 1 saturated heterocycles. The van der Waals surface area contributed by atoms with Gasteiger partial charge in [0.2, 0.25) is 10.0 Å². The fraction of sp³-hybridized carbons (Fsp3) is 0.346. The Kier molecular flexibility index (Phi) is 7.87. The van der Waals surface area contributed by atoms with Crippen LogP contribution < -0.4 is 5.32 Å². The first-order chi connectivity index (χ1) is 17.2. The molecule has 2 aromatic carbocycles. The molecule has 1 amide bonds. The first-order valence-corrected chi connectivity index (χ1v) is 14.1. The van der Waals surface area contributed by atoms with Crippen LogP contribution in [-0.4, -0.2) is 49.3 Å². The third-order valence-corrected chi connectivity index (χ3v) is 8.74. The van der Waals surface area contributed by atoms with Crippen LogP contribution >= 0.6 is 11.3 Å². The van der Waals surface area contributed by atoms with Crippen LogP contribution in [0.3, 0.4) is 0 Å². The Morgan fingerprint density at radius 1 is 1.06 bits per heavy atom. The highest BCUT2D eigenvalue weighted by molar-refractivity contribution is 7.89. The zero-order valence-electron chi connectivity index (χ0n) is 20.4. The number of anilines is 1. The summed E-state index contributed by atoms with van der Waals surface area (Å²) >= 11 is 1.03. The van der Waals surface area contributed by atoms with Crippen LogP contribution in [0.1, 0.15) is 47.2 Å². The summed E-state index contributed by atoms with van der Waals surface area (Å²) in [5, 5.41) is 2.97. The lowest BCUT2D eigenvalue weighted by atomic mass is 9.94. The molecule has 36 heavy (non-hydrogen) atoms. The summed E-state index contributed by atoms with van der Waals surface area (Å²) in [6.45, 7) is 7.04. The van der Waals surface area contributed by atoms with Crippen molar-refractivity contribution in [2.24, 2.45) is 11.8 Å². The third kappa shape index (κ3) is 5.66. The number of thiazole rings is 1. The maximum Gasteiger partial charge on any atom is 0.350 e. The van der Waals surface area contributed by atoms with E-state index < -0.39 is 21.9 Å². The van der Waals surface area contributed by atoms with Gasteiger partial charge in [-0.25, -0.2) is 18.2 Å². The van der Waals surface area contributed by atoms with E-state index in [0.717, 1.165) is 23.3 Å². The quantitative estimate of drug-likeness (QED) is 0.438. The van der Waals surface area contributed by atoms with Gasteiger partial charge in [0, 0.05) is 24.2 Å². The second kappa shape index (κ2) is 10.9. The number of nitrogens with one attached hydrogen (secondary N) is 1. The summed E-state index contributed by atoms with van der Waals surface area (Å²) in [7, 11) is -3.64. The van der Waals surface area contributed by atoms with Crippen molar-refractivity contribution in [1.82, 2.24) is 9.29 Å². The fourth-order valence-electron chi connectivity index (χ4n) is 4.40. The number of sulfonamides is 1. The van der Waals surface area contributed by atoms with Gasteiger partial charge in [0.25, 0.3) is 5.91 Å². The molecular formula is C26H29N3O5S2. The van der Waals surface area contributed by atoms with Gasteiger partial charge < -0.3 is 4.74 Å². The predicted molar refractivity (Wildman–Crippen MR) is 140 cm³/mol. The van der Waals surface area contributed by atoms with Gasteiger partial charge in [0.1, 0.15) is 4.88 Å². The van der Waals surface area contributed by atoms with Crippen molar-refractivity contribution in [2.45, 2.75) is 32.1 Å². The third-order valence-electron chi connectivity index (χ3n) is 5.95. The van der Waals surface area contributed by atoms with Crippen LogP contribution in [0.2, 0.25) is 0 Å². The van der Waals surface area contributed by atoms with Crippen LogP contribution in [0.25, 0.3) is 11.3 Å². The lowest BCUT2D eigenvalue weighted by Crippen LogP contribution is -2.42. The number of benzene rings is 2. The molecule has 10 heteroatoms. The van der Waals surface area contributed by atoms with Gasteiger partial charge in [-0.1, -0.05) is 55.5 Å². The minimum atomic E-state index is -3.64. The molecule has 0 bridgehead atoms. The first kappa shape index (κ1) is 26.0. The van der Waals surface area contributed by atoms with Crippen LogP contribution in [0.4, 0.5) is 5.13 Å². The second-order valence-corrected chi connectivity index (χ2v) is 12.0. The number of aromatic nitrogens is 1. The van der Waals surface area contributed by atoms with Crippen LogP contribution in [0.5, 0.6) is 0 Å². The number of amides is 1. The van der Waals surface area contributed by atoms with Crippen molar-refractivity contribution in [3.63, 3.8) is 0 Å². The highest BCUT2D eigenvalue weighted by Gasteiger charge is 2.31. The average Bonchev–Trinajstić information content (AvgIpc) is 3.28. The summed E-state index contributed by atoms with van der Waals surface area (Å²) < 4.78 is 32.9. The fourth-order valence-corrected chi connectivity index (χ4v) is 6.95. The lowest BCUT2D eigenvalue weighted by Gasteiger charge is -2.34. The molecule has 1 fully saturated rings. The van der Waals surface area contributed by atoms with Crippen molar-refractivity contribution >= 4 is 38.4 Å². The zero-order chi connectivity index (χ0) is 25.9. The molecule has 2 heterocycles. The van der Waals surface area contributed by atoms with E-state index in [4.69, 9.17) is 4.74 Å². The molecule has 0 spiro atoms. The number of piperidine rings is 1. The van der Waals surface area contributed by atoms with Gasteiger partial charge in [-0.15, -0.1) is 0 Å². The average molecular weight is 528 g/mol. The number of carbonyl (C=O) groups is 2. The molecule has 3 aromatic rings. The lowest BCUT2D eigenvalue weighted by molar-refractivity contribution is 0.0532. The minimum Gasteiger partial charge on any atom is -0.462 e. The van der Waals surface area contributed by atoms with Gasteiger partial charge in [-0.05, 0) is 49.4 Å². The van der Waals surface area contributed by atoms with Crippen LogP contribution in [0.15, 0.2) is 59.5 Å². The number of hydrogen-bond donors (Lipinski definition) is 1. The second-order valence-electron chi connectivity index (χ2n) is 9.03. The number of nitrogens with zero attached hydrogens (tertiary/aromatic N) is 2. The number of rotatable bonds is 7. The Balaban J connectivity index is 1.53. The smallest absolute Gasteiger partial charge is 0.350 e. The number of hydrogen-bond acceptors (Lipinski definition) is 7. The summed E-state index contributed by atoms with van der Waals surface area (Å²) in [5.74, 6) is -0.368. The minimum absolute atomic E-state index is 0.158. The molecule has 1 aromatic heterocycles. The molecule has 4 rings (SSSR count). The Morgan fingerprint density at radius 2 is 1.69 bits per heavy atom. The van der Waals surface area contributed by atoms with Gasteiger partial charge in [-0.3, -0.25) is 10.1 Å². The highest BCUT2D eigenvalue weighted by atomic mass is 32.2. The van der Waals surface area contributed by atoms with E-state index in [1.54, 1.807) is 6.92 Å². The van der Waals surface area contributed by atoms with Crippen molar-refractivity contribution in [3.05, 3.63) is 65.0 Å². The van der Waals surface area contributed by atoms with Crippen LogP contribution in [-0.2, 0) is 14.8 Å². The van der Waals surface area contributed by atoms with Crippen molar-refractivity contribution in [2.75, 3.05) is 25.0 Å². The zero-order valence-corrected chi connectivity index (χ0v) is 22.1. The molecule has 1 aliphatic rings. The molecule has 1 N–H and O–H groups in total. The van der Waals surface area contributed by atoms with Crippen molar-refractivity contribution in [3.8, 4) is 11.3 Å². The maximum atomic E-state index is 13.1. The van der Waals surface area contributed by atoms with Gasteiger partial charge >= 0.3 is 5.97 Å². The Bertz CT molecular complexity index is 1330. The van der Waals surface area contributed by atoms with E-state index in [1.807, 2.05) is 30.3 Å². The van der Waals surface area contributed by atoms with Crippen molar-refractivity contribution < 1.29 is 22.7 Å². The monoisotopic (exact) mass is 527 g/mol. The predicted octanol–water partition coefficient (Wildman–Crippen LogP) is 4.91. The molecule has 190 valence electrons. The topological polar surface area (TPSA) is 106 Å². The molecule has 8 nitrogen and oxygen atoms in total. The molecule has 0 aliphatic carbocycles. The summed E-state index contributed by atoms with van der Waals surface area (Å²) in [6.07, 6.45) is 1.01. The van der Waals surface area contributed by atoms with Crippen LogP contribution in [0, 0.1) is 11.8 Å².